The molecule has 110 valence electrons. The topological polar surface area (TPSA) is 84.3 Å². The third kappa shape index (κ3) is 3.69. The van der Waals surface area contributed by atoms with Crippen molar-refractivity contribution in [2.75, 3.05) is 11.9 Å². The van der Waals surface area contributed by atoms with Crippen LogP contribution < -0.4 is 10.6 Å². The number of hydrogen-bond acceptors (Lipinski definition) is 4. The second-order valence-corrected chi connectivity index (χ2v) is 4.99. The first-order chi connectivity index (χ1) is 9.38. The summed E-state index contributed by atoms with van der Waals surface area (Å²) in [5.41, 5.74) is 0.485. The monoisotopic (exact) mass is 279 g/mol. The molecular weight excluding hydrogens is 258 g/mol. The molecule has 0 radical (unpaired) electrons. The SMILES string of the molecule is CCNc1c(C(=O)NC(C)C(C)C)cccc1[N+](=O)[O-]. The highest BCUT2D eigenvalue weighted by atomic mass is 16.6. The molecule has 0 aliphatic rings. The molecule has 1 unspecified atom stereocenters. The van der Waals surface area contributed by atoms with Gasteiger partial charge in [0.15, 0.2) is 0 Å². The van der Waals surface area contributed by atoms with Crippen LogP contribution in [0.2, 0.25) is 0 Å². The van der Waals surface area contributed by atoms with E-state index in [1.54, 1.807) is 6.07 Å². The van der Waals surface area contributed by atoms with E-state index in [1.165, 1.54) is 12.1 Å². The summed E-state index contributed by atoms with van der Waals surface area (Å²) >= 11 is 0. The van der Waals surface area contributed by atoms with Gasteiger partial charge in [0.05, 0.1) is 10.5 Å². The fourth-order valence-electron chi connectivity index (χ4n) is 1.70. The highest BCUT2D eigenvalue weighted by Gasteiger charge is 2.22. The minimum absolute atomic E-state index is 0.00348. The summed E-state index contributed by atoms with van der Waals surface area (Å²) in [6.45, 7) is 8.25. The van der Waals surface area contributed by atoms with E-state index in [2.05, 4.69) is 10.6 Å². The van der Waals surface area contributed by atoms with Crippen LogP contribution in [0.5, 0.6) is 0 Å². The van der Waals surface area contributed by atoms with E-state index in [0.29, 0.717) is 18.0 Å². The van der Waals surface area contributed by atoms with Crippen LogP contribution in [0.15, 0.2) is 18.2 Å². The van der Waals surface area contributed by atoms with Gasteiger partial charge in [0.25, 0.3) is 11.6 Å². The Morgan fingerprint density at radius 2 is 2.00 bits per heavy atom. The number of nitro groups is 1. The van der Waals surface area contributed by atoms with Crippen LogP contribution in [-0.2, 0) is 0 Å². The maximum absolute atomic E-state index is 12.3. The Hall–Kier alpha value is -2.11. The Labute approximate surface area is 118 Å². The summed E-state index contributed by atoms with van der Waals surface area (Å²) in [4.78, 5) is 22.8. The van der Waals surface area contributed by atoms with Crippen molar-refractivity contribution in [3.05, 3.63) is 33.9 Å². The van der Waals surface area contributed by atoms with Crippen LogP contribution in [0.4, 0.5) is 11.4 Å². The Balaban J connectivity index is 3.13. The average Bonchev–Trinajstić information content (AvgIpc) is 2.38. The quantitative estimate of drug-likeness (QED) is 0.619. The van der Waals surface area contributed by atoms with Crippen LogP contribution in [0.25, 0.3) is 0 Å². The highest BCUT2D eigenvalue weighted by molar-refractivity contribution is 6.01. The lowest BCUT2D eigenvalue weighted by Crippen LogP contribution is -2.36. The van der Waals surface area contributed by atoms with E-state index in [4.69, 9.17) is 0 Å². The molecule has 2 N–H and O–H groups in total. The normalized spacial score (nSPS) is 12.1. The van der Waals surface area contributed by atoms with E-state index in [0.717, 1.165) is 0 Å². The number of hydrogen-bond donors (Lipinski definition) is 2. The zero-order chi connectivity index (χ0) is 15.3. The maximum atomic E-state index is 12.3. The summed E-state index contributed by atoms with van der Waals surface area (Å²) in [5, 5.41) is 16.8. The first kappa shape index (κ1) is 15.9. The van der Waals surface area contributed by atoms with E-state index in [1.807, 2.05) is 27.7 Å². The molecule has 1 aromatic carbocycles. The number of anilines is 1. The Kier molecular flexibility index (Phi) is 5.49. The predicted molar refractivity (Wildman–Crippen MR) is 79.0 cm³/mol. The van der Waals surface area contributed by atoms with E-state index in [-0.39, 0.29) is 23.3 Å². The van der Waals surface area contributed by atoms with Gasteiger partial charge in [0, 0.05) is 18.7 Å². The molecule has 1 rings (SSSR count). The van der Waals surface area contributed by atoms with Gasteiger partial charge in [-0.15, -0.1) is 0 Å². The van der Waals surface area contributed by atoms with Crippen molar-refractivity contribution in [1.29, 1.82) is 0 Å². The lowest BCUT2D eigenvalue weighted by atomic mass is 10.0. The smallest absolute Gasteiger partial charge is 0.293 e. The summed E-state index contributed by atoms with van der Waals surface area (Å²) in [6.07, 6.45) is 0. The zero-order valence-electron chi connectivity index (χ0n) is 12.3. The molecular formula is C14H21N3O3. The van der Waals surface area contributed by atoms with E-state index < -0.39 is 4.92 Å². The van der Waals surface area contributed by atoms with Gasteiger partial charge in [-0.2, -0.15) is 0 Å². The summed E-state index contributed by atoms with van der Waals surface area (Å²) in [6, 6.07) is 4.50. The standard InChI is InChI=1S/C14H21N3O3/c1-5-15-13-11(7-6-8-12(13)17(19)20)14(18)16-10(4)9(2)3/h6-10,15H,5H2,1-4H3,(H,16,18). The maximum Gasteiger partial charge on any atom is 0.293 e. The van der Waals surface area contributed by atoms with Gasteiger partial charge in [0.2, 0.25) is 0 Å². The number of benzene rings is 1. The first-order valence-corrected chi connectivity index (χ1v) is 6.70. The van der Waals surface area contributed by atoms with Crippen molar-refractivity contribution in [1.82, 2.24) is 5.32 Å². The molecule has 0 spiro atoms. The predicted octanol–water partition coefficient (Wildman–Crippen LogP) is 2.80. The Morgan fingerprint density at radius 3 is 2.50 bits per heavy atom. The molecule has 1 aromatic rings. The van der Waals surface area contributed by atoms with Crippen molar-refractivity contribution in [3.8, 4) is 0 Å². The number of carbonyl (C=O) groups excluding carboxylic acids is 1. The Morgan fingerprint density at radius 1 is 1.35 bits per heavy atom. The van der Waals surface area contributed by atoms with Crippen molar-refractivity contribution in [3.63, 3.8) is 0 Å². The largest absolute Gasteiger partial charge is 0.379 e. The van der Waals surface area contributed by atoms with Gasteiger partial charge in [-0.05, 0) is 25.8 Å². The minimum atomic E-state index is -0.485. The molecule has 0 aliphatic carbocycles. The van der Waals surface area contributed by atoms with Crippen LogP contribution in [0, 0.1) is 16.0 Å². The molecule has 0 bridgehead atoms. The molecule has 6 heteroatoms. The fourth-order valence-corrected chi connectivity index (χ4v) is 1.70. The van der Waals surface area contributed by atoms with Gasteiger partial charge in [-0.25, -0.2) is 0 Å². The van der Waals surface area contributed by atoms with Gasteiger partial charge in [0.1, 0.15) is 5.69 Å². The highest BCUT2D eigenvalue weighted by Crippen LogP contribution is 2.28. The number of amides is 1. The molecule has 6 nitrogen and oxygen atoms in total. The molecule has 0 saturated heterocycles. The summed E-state index contributed by atoms with van der Waals surface area (Å²) in [7, 11) is 0. The summed E-state index contributed by atoms with van der Waals surface area (Å²) in [5.74, 6) is -0.00826. The molecule has 0 aliphatic heterocycles. The molecule has 0 aromatic heterocycles. The van der Waals surface area contributed by atoms with Gasteiger partial charge in [-0.1, -0.05) is 19.9 Å². The number of nitrogens with one attached hydrogen (secondary N) is 2. The lowest BCUT2D eigenvalue weighted by Gasteiger charge is -2.18. The molecule has 1 atom stereocenters. The van der Waals surface area contributed by atoms with Gasteiger partial charge in [-0.3, -0.25) is 14.9 Å². The van der Waals surface area contributed by atoms with Gasteiger partial charge >= 0.3 is 0 Å². The van der Waals surface area contributed by atoms with Crippen molar-refractivity contribution >= 4 is 17.3 Å². The van der Waals surface area contributed by atoms with Crippen LogP contribution in [0.1, 0.15) is 38.1 Å². The molecule has 0 saturated carbocycles. The first-order valence-electron chi connectivity index (χ1n) is 6.70. The summed E-state index contributed by atoms with van der Waals surface area (Å²) < 4.78 is 0. The lowest BCUT2D eigenvalue weighted by molar-refractivity contribution is -0.384. The molecule has 1 amide bonds. The molecule has 20 heavy (non-hydrogen) atoms. The van der Waals surface area contributed by atoms with Crippen LogP contribution in [-0.4, -0.2) is 23.4 Å². The fraction of sp³-hybridized carbons (Fsp3) is 0.500. The average molecular weight is 279 g/mol. The van der Waals surface area contributed by atoms with Crippen molar-refractivity contribution < 1.29 is 9.72 Å². The second-order valence-electron chi connectivity index (χ2n) is 4.99. The van der Waals surface area contributed by atoms with E-state index >= 15 is 0 Å². The third-order valence-corrected chi connectivity index (χ3v) is 3.20. The van der Waals surface area contributed by atoms with Gasteiger partial charge < -0.3 is 10.6 Å². The van der Waals surface area contributed by atoms with Crippen molar-refractivity contribution in [2.24, 2.45) is 5.92 Å². The second kappa shape index (κ2) is 6.88. The number of para-hydroxylation sites is 1. The number of nitrogens with zero attached hydrogens (tertiary/aromatic N) is 1. The molecule has 0 heterocycles. The number of nitro benzene ring substituents is 1. The molecule has 0 fully saturated rings. The third-order valence-electron chi connectivity index (χ3n) is 3.20. The minimum Gasteiger partial charge on any atom is -0.379 e. The number of carbonyl (C=O) groups is 1. The Bertz CT molecular complexity index is 500. The van der Waals surface area contributed by atoms with Crippen LogP contribution >= 0.6 is 0 Å². The zero-order valence-corrected chi connectivity index (χ0v) is 12.3. The van der Waals surface area contributed by atoms with Crippen molar-refractivity contribution in [2.45, 2.75) is 33.7 Å². The van der Waals surface area contributed by atoms with Crippen LogP contribution in [0.3, 0.4) is 0 Å². The van der Waals surface area contributed by atoms with E-state index in [9.17, 15) is 14.9 Å². The number of rotatable bonds is 6.